The Morgan fingerprint density at radius 2 is 2.33 bits per heavy atom. The molecule has 3 nitrogen and oxygen atoms in total. The third-order valence-electron chi connectivity index (χ3n) is 3.63. The van der Waals surface area contributed by atoms with Gasteiger partial charge < -0.3 is 15.7 Å². The number of benzene rings is 1. The van der Waals surface area contributed by atoms with Gasteiger partial charge in [-0.1, -0.05) is 12.1 Å². The molecule has 0 amide bonds. The molecule has 1 heterocycles. The normalized spacial score (nSPS) is 22.3. The number of aliphatic hydroxyl groups excluding tert-OH is 1. The van der Waals surface area contributed by atoms with Crippen LogP contribution in [0, 0.1) is 12.7 Å². The standard InChI is InChI=1S/C14H21FN2O/c1-10-2-3-11(8-13(10)15)14(16)5-7-17-6-4-12(18)9-17/h2-3,8,12,14,18H,4-7,9,16H2,1H3. The van der Waals surface area contributed by atoms with E-state index in [2.05, 4.69) is 4.90 Å². The van der Waals surface area contributed by atoms with Crippen molar-refractivity contribution in [2.24, 2.45) is 5.73 Å². The summed E-state index contributed by atoms with van der Waals surface area (Å²) in [5, 5.41) is 9.43. The molecule has 0 saturated carbocycles. The van der Waals surface area contributed by atoms with Crippen LogP contribution in [0.2, 0.25) is 0 Å². The van der Waals surface area contributed by atoms with Crippen molar-refractivity contribution in [2.75, 3.05) is 19.6 Å². The van der Waals surface area contributed by atoms with E-state index in [0.29, 0.717) is 5.56 Å². The smallest absolute Gasteiger partial charge is 0.126 e. The topological polar surface area (TPSA) is 49.5 Å². The van der Waals surface area contributed by atoms with Crippen LogP contribution in [0.3, 0.4) is 0 Å². The van der Waals surface area contributed by atoms with Crippen molar-refractivity contribution in [2.45, 2.75) is 31.9 Å². The summed E-state index contributed by atoms with van der Waals surface area (Å²) in [6.45, 7) is 4.26. The number of nitrogens with zero attached hydrogens (tertiary/aromatic N) is 1. The highest BCUT2D eigenvalue weighted by Gasteiger charge is 2.20. The zero-order valence-corrected chi connectivity index (χ0v) is 10.8. The SMILES string of the molecule is Cc1ccc(C(N)CCN2CCC(O)C2)cc1F. The largest absolute Gasteiger partial charge is 0.392 e. The molecule has 1 aromatic carbocycles. The summed E-state index contributed by atoms with van der Waals surface area (Å²) in [6.07, 6.45) is 1.43. The number of aryl methyl sites for hydroxylation is 1. The van der Waals surface area contributed by atoms with Gasteiger partial charge in [0.05, 0.1) is 6.10 Å². The zero-order chi connectivity index (χ0) is 13.1. The minimum atomic E-state index is -0.196. The summed E-state index contributed by atoms with van der Waals surface area (Å²) < 4.78 is 13.4. The molecule has 0 spiro atoms. The first-order chi connectivity index (χ1) is 8.56. The summed E-state index contributed by atoms with van der Waals surface area (Å²) in [4.78, 5) is 2.20. The molecule has 18 heavy (non-hydrogen) atoms. The predicted octanol–water partition coefficient (Wildman–Crippen LogP) is 1.59. The van der Waals surface area contributed by atoms with Crippen LogP contribution in [-0.4, -0.2) is 35.7 Å². The average molecular weight is 252 g/mol. The molecule has 1 fully saturated rings. The summed E-state index contributed by atoms with van der Waals surface area (Å²) in [5.41, 5.74) is 7.56. The lowest BCUT2D eigenvalue weighted by Gasteiger charge is -2.18. The van der Waals surface area contributed by atoms with E-state index >= 15 is 0 Å². The van der Waals surface area contributed by atoms with Crippen molar-refractivity contribution in [1.82, 2.24) is 4.90 Å². The quantitative estimate of drug-likeness (QED) is 0.855. The van der Waals surface area contributed by atoms with E-state index in [-0.39, 0.29) is 18.0 Å². The third-order valence-corrected chi connectivity index (χ3v) is 3.63. The highest BCUT2D eigenvalue weighted by molar-refractivity contribution is 5.25. The van der Waals surface area contributed by atoms with Crippen LogP contribution in [-0.2, 0) is 0 Å². The maximum atomic E-state index is 13.4. The van der Waals surface area contributed by atoms with Gasteiger partial charge in [0.2, 0.25) is 0 Å². The molecule has 1 aromatic rings. The number of likely N-dealkylation sites (tertiary alicyclic amines) is 1. The Kier molecular flexibility index (Phi) is 4.32. The minimum absolute atomic E-state index is 0.141. The lowest BCUT2D eigenvalue weighted by atomic mass is 10.0. The van der Waals surface area contributed by atoms with Crippen LogP contribution >= 0.6 is 0 Å². The molecule has 0 radical (unpaired) electrons. The van der Waals surface area contributed by atoms with Crippen LogP contribution in [0.5, 0.6) is 0 Å². The number of nitrogens with two attached hydrogens (primary N) is 1. The average Bonchev–Trinajstić information content (AvgIpc) is 2.75. The number of β-amino-alcohol motifs (C(OH)–C–C–N with tert-alkyl or cyclic N) is 1. The molecule has 2 unspecified atom stereocenters. The van der Waals surface area contributed by atoms with Crippen molar-refractivity contribution in [3.8, 4) is 0 Å². The maximum absolute atomic E-state index is 13.4. The van der Waals surface area contributed by atoms with E-state index in [1.165, 1.54) is 6.07 Å². The van der Waals surface area contributed by atoms with Gasteiger partial charge in [0.1, 0.15) is 5.82 Å². The van der Waals surface area contributed by atoms with Gasteiger partial charge in [-0.25, -0.2) is 4.39 Å². The van der Waals surface area contributed by atoms with Gasteiger partial charge in [-0.15, -0.1) is 0 Å². The molecular weight excluding hydrogens is 231 g/mol. The van der Waals surface area contributed by atoms with Gasteiger partial charge in [-0.2, -0.15) is 0 Å². The van der Waals surface area contributed by atoms with Crippen LogP contribution in [0.15, 0.2) is 18.2 Å². The van der Waals surface area contributed by atoms with E-state index in [4.69, 9.17) is 5.73 Å². The van der Waals surface area contributed by atoms with Crippen molar-refractivity contribution in [3.63, 3.8) is 0 Å². The molecule has 2 atom stereocenters. The summed E-state index contributed by atoms with van der Waals surface area (Å²) >= 11 is 0. The predicted molar refractivity (Wildman–Crippen MR) is 69.7 cm³/mol. The molecule has 2 rings (SSSR count). The number of halogens is 1. The number of rotatable bonds is 4. The van der Waals surface area contributed by atoms with Crippen molar-refractivity contribution in [3.05, 3.63) is 35.1 Å². The van der Waals surface area contributed by atoms with Gasteiger partial charge in [-0.3, -0.25) is 0 Å². The number of hydrogen-bond acceptors (Lipinski definition) is 3. The molecular formula is C14H21FN2O. The monoisotopic (exact) mass is 252 g/mol. The highest BCUT2D eigenvalue weighted by atomic mass is 19.1. The van der Waals surface area contributed by atoms with Gasteiger partial charge in [0, 0.05) is 25.7 Å². The summed E-state index contributed by atoms with van der Waals surface area (Å²) in [6, 6.07) is 5.04. The van der Waals surface area contributed by atoms with E-state index in [0.717, 1.165) is 38.0 Å². The molecule has 1 aliphatic rings. The van der Waals surface area contributed by atoms with E-state index in [1.54, 1.807) is 13.0 Å². The fraction of sp³-hybridized carbons (Fsp3) is 0.571. The van der Waals surface area contributed by atoms with Crippen molar-refractivity contribution < 1.29 is 9.50 Å². The Hall–Kier alpha value is -0.970. The van der Waals surface area contributed by atoms with Crippen molar-refractivity contribution in [1.29, 1.82) is 0 Å². The Bertz CT molecular complexity index is 411. The van der Waals surface area contributed by atoms with Crippen LogP contribution < -0.4 is 5.73 Å². The molecule has 0 aliphatic carbocycles. The lowest BCUT2D eigenvalue weighted by Crippen LogP contribution is -2.26. The highest BCUT2D eigenvalue weighted by Crippen LogP contribution is 2.19. The molecule has 100 valence electrons. The summed E-state index contributed by atoms with van der Waals surface area (Å²) in [7, 11) is 0. The first-order valence-corrected chi connectivity index (χ1v) is 6.48. The third kappa shape index (κ3) is 3.28. The van der Waals surface area contributed by atoms with Gasteiger partial charge >= 0.3 is 0 Å². The van der Waals surface area contributed by atoms with Crippen molar-refractivity contribution >= 4 is 0 Å². The first kappa shape index (κ1) is 13.5. The molecule has 3 N–H and O–H groups in total. The summed E-state index contributed by atoms with van der Waals surface area (Å²) in [5.74, 6) is -0.195. The minimum Gasteiger partial charge on any atom is -0.392 e. The second-order valence-corrected chi connectivity index (χ2v) is 5.15. The Balaban J connectivity index is 1.87. The number of aliphatic hydroxyl groups is 1. The zero-order valence-electron chi connectivity index (χ0n) is 10.8. The molecule has 1 saturated heterocycles. The molecule has 4 heteroatoms. The lowest BCUT2D eigenvalue weighted by molar-refractivity contribution is 0.175. The van der Waals surface area contributed by atoms with Gasteiger partial charge in [-0.05, 0) is 37.0 Å². The second kappa shape index (κ2) is 5.78. The van der Waals surface area contributed by atoms with E-state index in [9.17, 15) is 9.50 Å². The second-order valence-electron chi connectivity index (χ2n) is 5.15. The van der Waals surface area contributed by atoms with Gasteiger partial charge in [0.15, 0.2) is 0 Å². The Morgan fingerprint density at radius 3 is 2.94 bits per heavy atom. The molecule has 0 aromatic heterocycles. The van der Waals surface area contributed by atoms with Crippen LogP contribution in [0.4, 0.5) is 4.39 Å². The van der Waals surface area contributed by atoms with Crippen LogP contribution in [0.25, 0.3) is 0 Å². The molecule has 0 bridgehead atoms. The fourth-order valence-electron chi connectivity index (χ4n) is 2.34. The van der Waals surface area contributed by atoms with Crippen LogP contribution in [0.1, 0.15) is 30.0 Å². The van der Waals surface area contributed by atoms with Gasteiger partial charge in [0.25, 0.3) is 0 Å². The fourth-order valence-corrected chi connectivity index (χ4v) is 2.34. The van der Waals surface area contributed by atoms with E-state index < -0.39 is 0 Å². The molecule has 1 aliphatic heterocycles. The first-order valence-electron chi connectivity index (χ1n) is 6.48. The Labute approximate surface area is 107 Å². The Morgan fingerprint density at radius 1 is 1.56 bits per heavy atom. The maximum Gasteiger partial charge on any atom is 0.126 e. The van der Waals surface area contributed by atoms with E-state index in [1.807, 2.05) is 6.07 Å². The number of hydrogen-bond donors (Lipinski definition) is 2.